The van der Waals surface area contributed by atoms with E-state index < -0.39 is 12.1 Å². The predicted octanol–water partition coefficient (Wildman–Crippen LogP) is 4.49. The third kappa shape index (κ3) is 6.45. The fourth-order valence-electron chi connectivity index (χ4n) is 5.95. The summed E-state index contributed by atoms with van der Waals surface area (Å²) < 4.78 is 0. The number of nitrogens with one attached hydrogen (secondary N) is 2. The number of nitrogens with zero attached hydrogens (tertiary/aromatic N) is 1. The second kappa shape index (κ2) is 12.6. The van der Waals surface area contributed by atoms with Crippen molar-refractivity contribution < 1.29 is 14.4 Å². The van der Waals surface area contributed by atoms with Crippen molar-refractivity contribution >= 4 is 23.4 Å². The molecule has 1 aliphatic carbocycles. The molecular formula is C34H40N4O3. The van der Waals surface area contributed by atoms with E-state index in [1.54, 1.807) is 17.0 Å². The first-order valence-electron chi connectivity index (χ1n) is 14.7. The highest BCUT2D eigenvalue weighted by Crippen LogP contribution is 2.31. The number of carbonyl (C=O) groups excluding carboxylic acids is 3. The van der Waals surface area contributed by atoms with Crippen LogP contribution in [0.1, 0.15) is 67.0 Å². The van der Waals surface area contributed by atoms with Gasteiger partial charge in [0.25, 0.3) is 0 Å². The summed E-state index contributed by atoms with van der Waals surface area (Å²) in [5.41, 5.74) is 11.9. The Hall–Kier alpha value is -4.13. The number of aryl methyl sites for hydroxylation is 1. The van der Waals surface area contributed by atoms with Crippen molar-refractivity contribution in [2.45, 2.75) is 77.0 Å². The minimum absolute atomic E-state index is 0.0859. The zero-order chi connectivity index (χ0) is 28.9. The molecule has 3 aromatic rings. The lowest BCUT2D eigenvalue weighted by Gasteiger charge is -2.39. The van der Waals surface area contributed by atoms with Gasteiger partial charge in [0.1, 0.15) is 12.1 Å². The highest BCUT2D eigenvalue weighted by molar-refractivity contribution is 5.93. The lowest BCUT2D eigenvalue weighted by molar-refractivity contribution is -0.145. The third-order valence-corrected chi connectivity index (χ3v) is 8.61. The molecule has 0 saturated heterocycles. The second-order valence-electron chi connectivity index (χ2n) is 11.4. The number of nitrogens with two attached hydrogens (primary N) is 1. The topological polar surface area (TPSA) is 105 Å². The van der Waals surface area contributed by atoms with Crippen LogP contribution < -0.4 is 16.4 Å². The molecule has 4 atom stereocenters. The number of anilines is 1. The minimum Gasteiger partial charge on any atom is -0.399 e. The van der Waals surface area contributed by atoms with Crippen LogP contribution in [0.15, 0.2) is 72.8 Å². The maximum absolute atomic E-state index is 14.3. The first-order chi connectivity index (χ1) is 19.8. The van der Waals surface area contributed by atoms with Crippen LogP contribution in [0.2, 0.25) is 0 Å². The van der Waals surface area contributed by atoms with E-state index in [0.717, 1.165) is 41.5 Å². The van der Waals surface area contributed by atoms with Gasteiger partial charge in [-0.25, -0.2) is 0 Å². The molecule has 0 radical (unpaired) electrons. The van der Waals surface area contributed by atoms with Gasteiger partial charge in [-0.15, -0.1) is 0 Å². The standard InChI is InChI=1S/C34H40N4O3/c1-3-22(2)32(39)37-30(19-23-15-17-27(35)18-16-23)34(41)38-21-26-11-5-4-10-25(26)20-31(38)33(40)36-29-14-8-12-24-9-6-7-13-28(24)29/h4-7,9-11,13,15-18,22,29-31H,3,8,12,14,19-21,35H2,1-2H3,(H,36,40)(H,37,39)/t22-,29-,30+,31?/m1/s1. The zero-order valence-electron chi connectivity index (χ0n) is 23.9. The smallest absolute Gasteiger partial charge is 0.246 e. The fraction of sp³-hybridized carbons (Fsp3) is 0.382. The molecule has 5 rings (SSSR count). The summed E-state index contributed by atoms with van der Waals surface area (Å²) in [7, 11) is 0. The Kier molecular flexibility index (Phi) is 8.72. The summed E-state index contributed by atoms with van der Waals surface area (Å²) in [6.07, 6.45) is 4.28. The van der Waals surface area contributed by atoms with Crippen molar-refractivity contribution in [1.29, 1.82) is 0 Å². The Morgan fingerprint density at radius 1 is 0.951 bits per heavy atom. The van der Waals surface area contributed by atoms with Gasteiger partial charge in [-0.05, 0) is 65.6 Å². The highest BCUT2D eigenvalue weighted by Gasteiger charge is 2.39. The average Bonchev–Trinajstić information content (AvgIpc) is 3.00. The molecule has 1 heterocycles. The van der Waals surface area contributed by atoms with E-state index >= 15 is 0 Å². The van der Waals surface area contributed by atoms with Crippen LogP contribution in [0.5, 0.6) is 0 Å². The molecule has 1 unspecified atom stereocenters. The van der Waals surface area contributed by atoms with Crippen molar-refractivity contribution in [2.75, 3.05) is 5.73 Å². The first kappa shape index (κ1) is 28.4. The zero-order valence-corrected chi connectivity index (χ0v) is 23.9. The lowest BCUT2D eigenvalue weighted by atomic mass is 9.87. The number of amides is 3. The number of rotatable bonds is 8. The van der Waals surface area contributed by atoms with Crippen LogP contribution in [0.25, 0.3) is 0 Å². The molecule has 3 amide bonds. The van der Waals surface area contributed by atoms with Gasteiger partial charge in [0.2, 0.25) is 17.7 Å². The Bertz CT molecular complexity index is 1400. The quantitative estimate of drug-likeness (QED) is 0.358. The number of hydrogen-bond acceptors (Lipinski definition) is 4. The summed E-state index contributed by atoms with van der Waals surface area (Å²) >= 11 is 0. The average molecular weight is 553 g/mol. The lowest BCUT2D eigenvalue weighted by Crippen LogP contribution is -2.58. The van der Waals surface area contributed by atoms with Crippen LogP contribution in [-0.2, 0) is 40.2 Å². The van der Waals surface area contributed by atoms with Crippen LogP contribution >= 0.6 is 0 Å². The van der Waals surface area contributed by atoms with Crippen molar-refractivity contribution in [3.8, 4) is 0 Å². The van der Waals surface area contributed by atoms with Gasteiger partial charge in [-0.1, -0.05) is 74.5 Å². The molecule has 3 aromatic carbocycles. The Labute approximate surface area is 242 Å². The largest absolute Gasteiger partial charge is 0.399 e. The van der Waals surface area contributed by atoms with Crippen molar-refractivity contribution in [3.63, 3.8) is 0 Å². The van der Waals surface area contributed by atoms with Crippen LogP contribution in [0, 0.1) is 5.92 Å². The number of fused-ring (bicyclic) bond motifs is 2. The molecule has 2 aliphatic rings. The molecule has 0 fully saturated rings. The van der Waals surface area contributed by atoms with E-state index in [4.69, 9.17) is 5.73 Å². The van der Waals surface area contributed by atoms with E-state index in [1.807, 2.05) is 62.4 Å². The van der Waals surface area contributed by atoms with Gasteiger partial charge in [-0.3, -0.25) is 14.4 Å². The minimum atomic E-state index is -0.809. The molecule has 214 valence electrons. The number of hydrogen-bond donors (Lipinski definition) is 3. The Morgan fingerprint density at radius 3 is 2.37 bits per heavy atom. The molecule has 41 heavy (non-hydrogen) atoms. The highest BCUT2D eigenvalue weighted by atomic mass is 16.2. The maximum Gasteiger partial charge on any atom is 0.246 e. The van der Waals surface area contributed by atoms with Crippen LogP contribution in [0.4, 0.5) is 5.69 Å². The van der Waals surface area contributed by atoms with Gasteiger partial charge in [0.05, 0.1) is 6.04 Å². The second-order valence-corrected chi connectivity index (χ2v) is 11.4. The van der Waals surface area contributed by atoms with Gasteiger partial charge in [-0.2, -0.15) is 0 Å². The van der Waals surface area contributed by atoms with Crippen molar-refractivity contribution in [1.82, 2.24) is 15.5 Å². The molecule has 0 aromatic heterocycles. The Morgan fingerprint density at radius 2 is 1.63 bits per heavy atom. The molecule has 7 nitrogen and oxygen atoms in total. The summed E-state index contributed by atoms with van der Waals surface area (Å²) in [5.74, 6) is -0.811. The molecule has 7 heteroatoms. The van der Waals surface area contributed by atoms with E-state index in [1.165, 1.54) is 5.56 Å². The van der Waals surface area contributed by atoms with Gasteiger partial charge < -0.3 is 21.3 Å². The summed E-state index contributed by atoms with van der Waals surface area (Å²) in [4.78, 5) is 43.0. The molecule has 1 aliphatic heterocycles. The van der Waals surface area contributed by atoms with E-state index in [9.17, 15) is 14.4 Å². The van der Waals surface area contributed by atoms with Crippen molar-refractivity contribution in [3.05, 3.63) is 101 Å². The monoisotopic (exact) mass is 552 g/mol. The molecule has 4 N–H and O–H groups in total. The molecule has 0 bridgehead atoms. The maximum atomic E-state index is 14.3. The normalized spacial score (nSPS) is 19.3. The van der Waals surface area contributed by atoms with E-state index in [0.29, 0.717) is 31.5 Å². The van der Waals surface area contributed by atoms with Crippen molar-refractivity contribution in [2.24, 2.45) is 5.92 Å². The van der Waals surface area contributed by atoms with Crippen LogP contribution in [-0.4, -0.2) is 34.7 Å². The van der Waals surface area contributed by atoms with E-state index in [-0.39, 0.29) is 29.7 Å². The third-order valence-electron chi connectivity index (χ3n) is 8.61. The number of nitrogen functional groups attached to an aromatic ring is 1. The summed E-state index contributed by atoms with van der Waals surface area (Å²) in [6.45, 7) is 4.12. The summed E-state index contributed by atoms with van der Waals surface area (Å²) in [5, 5.41) is 6.30. The first-order valence-corrected chi connectivity index (χ1v) is 14.7. The predicted molar refractivity (Wildman–Crippen MR) is 161 cm³/mol. The SMILES string of the molecule is CC[C@@H](C)C(=O)N[C@@H](Cc1ccc(N)cc1)C(=O)N1Cc2ccccc2CC1C(=O)N[C@@H]1CCCc2ccccc21. The molecular weight excluding hydrogens is 512 g/mol. The van der Waals surface area contributed by atoms with Gasteiger partial charge in [0, 0.05) is 31.0 Å². The van der Waals surface area contributed by atoms with Gasteiger partial charge in [0.15, 0.2) is 0 Å². The Balaban J connectivity index is 1.44. The van der Waals surface area contributed by atoms with Gasteiger partial charge >= 0.3 is 0 Å². The molecule has 0 spiro atoms. The summed E-state index contributed by atoms with van der Waals surface area (Å²) in [6, 6.07) is 22.0. The van der Waals surface area contributed by atoms with Crippen LogP contribution in [0.3, 0.4) is 0 Å². The number of carbonyl (C=O) groups is 3. The number of benzene rings is 3. The molecule has 0 saturated carbocycles. The van der Waals surface area contributed by atoms with E-state index in [2.05, 4.69) is 22.8 Å². The fourth-order valence-corrected chi connectivity index (χ4v) is 5.95.